The first-order valence-corrected chi connectivity index (χ1v) is 4.39. The fraction of sp³-hybridized carbons (Fsp3) is 0.444. The van der Waals surface area contributed by atoms with E-state index in [-0.39, 0.29) is 23.7 Å². The lowest BCUT2D eigenvalue weighted by atomic mass is 10.0. The number of hydrogen-bond acceptors (Lipinski definition) is 4. The molecule has 4 nitrogen and oxygen atoms in total. The van der Waals surface area contributed by atoms with Crippen LogP contribution in [-0.4, -0.2) is 21.4 Å². The normalized spacial score (nSPS) is 13.1. The summed E-state index contributed by atoms with van der Waals surface area (Å²) in [6.07, 6.45) is -3.62. The van der Waals surface area contributed by atoms with Gasteiger partial charge in [-0.3, -0.25) is 4.98 Å². The Morgan fingerprint density at radius 1 is 1.47 bits per heavy atom. The molecule has 0 spiro atoms. The molecule has 4 N–H and O–H groups in total. The van der Waals surface area contributed by atoms with Crippen molar-refractivity contribution in [1.82, 2.24) is 4.98 Å². The Labute approximate surface area is 102 Å². The average Bonchev–Trinajstić information content (AvgIpc) is 2.19. The van der Waals surface area contributed by atoms with E-state index in [1.807, 2.05) is 0 Å². The van der Waals surface area contributed by atoms with Crippen molar-refractivity contribution >= 4 is 12.4 Å². The smallest absolute Gasteiger partial charge is 0.407 e. The topological polar surface area (TPSA) is 79.4 Å². The molecular formula is C9H12ClF3N2O2. The van der Waals surface area contributed by atoms with Crippen LogP contribution < -0.4 is 5.73 Å². The van der Waals surface area contributed by atoms with Crippen molar-refractivity contribution in [2.24, 2.45) is 5.73 Å². The minimum Gasteiger partial charge on any atom is -0.506 e. The second kappa shape index (κ2) is 5.52. The van der Waals surface area contributed by atoms with E-state index >= 15 is 0 Å². The first-order valence-electron chi connectivity index (χ1n) is 4.39. The second-order valence-electron chi connectivity index (χ2n) is 3.31. The molecule has 0 saturated heterocycles. The maximum Gasteiger partial charge on any atom is 0.407 e. The third kappa shape index (κ3) is 3.21. The minimum absolute atomic E-state index is 0. The number of aryl methyl sites for hydroxylation is 1. The highest BCUT2D eigenvalue weighted by molar-refractivity contribution is 5.85. The zero-order valence-corrected chi connectivity index (χ0v) is 9.64. The number of aliphatic hydroxyl groups is 1. The van der Waals surface area contributed by atoms with E-state index in [1.54, 1.807) is 0 Å². The Bertz CT molecular complexity index is 399. The van der Waals surface area contributed by atoms with E-state index in [9.17, 15) is 18.3 Å². The summed E-state index contributed by atoms with van der Waals surface area (Å²) in [4.78, 5) is 3.64. The van der Waals surface area contributed by atoms with E-state index in [2.05, 4.69) is 4.98 Å². The Kier molecular flexibility index (Phi) is 5.18. The predicted molar refractivity (Wildman–Crippen MR) is 56.8 cm³/mol. The van der Waals surface area contributed by atoms with E-state index in [4.69, 9.17) is 10.8 Å². The Hall–Kier alpha value is -1.05. The first-order chi connectivity index (χ1) is 7.29. The fourth-order valence-electron chi connectivity index (χ4n) is 1.29. The van der Waals surface area contributed by atoms with Crippen molar-refractivity contribution in [2.45, 2.75) is 25.7 Å². The van der Waals surface area contributed by atoms with Crippen molar-refractivity contribution in [2.75, 3.05) is 0 Å². The van der Waals surface area contributed by atoms with Crippen LogP contribution in [0.3, 0.4) is 0 Å². The molecule has 1 rings (SSSR count). The molecule has 0 aliphatic carbocycles. The standard InChI is InChI=1S/C9H11F3N2O2.ClH/c1-4-7(16)6(5(3-15)2-14-4)8(13)9(10,11)12;/h2,8,15-16H,3,13H2,1H3;1H/t8-;/m0./s1. The number of nitrogens with two attached hydrogens (primary N) is 1. The number of aromatic hydroxyl groups is 1. The fourth-order valence-corrected chi connectivity index (χ4v) is 1.29. The molecule has 1 aromatic rings. The van der Waals surface area contributed by atoms with Gasteiger partial charge in [-0.25, -0.2) is 0 Å². The molecule has 0 aliphatic rings. The first kappa shape index (κ1) is 16.0. The van der Waals surface area contributed by atoms with Crippen LogP contribution in [0.2, 0.25) is 0 Å². The molecule has 0 saturated carbocycles. The van der Waals surface area contributed by atoms with E-state index in [0.29, 0.717) is 0 Å². The summed E-state index contributed by atoms with van der Waals surface area (Å²) in [5, 5.41) is 18.4. The van der Waals surface area contributed by atoms with Crippen molar-refractivity contribution in [1.29, 1.82) is 0 Å². The lowest BCUT2D eigenvalue weighted by Crippen LogP contribution is -2.29. The van der Waals surface area contributed by atoms with E-state index in [1.165, 1.54) is 6.92 Å². The summed E-state index contributed by atoms with van der Waals surface area (Å²) < 4.78 is 37.3. The van der Waals surface area contributed by atoms with Crippen molar-refractivity contribution < 1.29 is 23.4 Å². The molecule has 1 atom stereocenters. The Morgan fingerprint density at radius 2 is 2.00 bits per heavy atom. The Balaban J connectivity index is 0.00000256. The van der Waals surface area contributed by atoms with Crippen LogP contribution in [-0.2, 0) is 6.61 Å². The zero-order valence-electron chi connectivity index (χ0n) is 8.82. The van der Waals surface area contributed by atoms with Crippen molar-refractivity contribution in [3.05, 3.63) is 23.0 Å². The number of alkyl halides is 3. The molecule has 17 heavy (non-hydrogen) atoms. The van der Waals surface area contributed by atoms with Gasteiger partial charge in [-0.2, -0.15) is 13.2 Å². The Morgan fingerprint density at radius 3 is 2.41 bits per heavy atom. The molecule has 0 amide bonds. The highest BCUT2D eigenvalue weighted by Gasteiger charge is 2.40. The van der Waals surface area contributed by atoms with Gasteiger partial charge in [-0.15, -0.1) is 12.4 Å². The molecule has 0 aliphatic heterocycles. The number of aliphatic hydroxyl groups excluding tert-OH is 1. The SMILES string of the molecule is Cc1ncc(CO)c([C@H](N)C(F)(F)F)c1O.Cl. The van der Waals surface area contributed by atoms with Crippen LogP contribution in [0.15, 0.2) is 6.20 Å². The third-order valence-electron chi connectivity index (χ3n) is 2.19. The molecule has 1 heterocycles. The van der Waals surface area contributed by atoms with Gasteiger partial charge in [0, 0.05) is 17.3 Å². The van der Waals surface area contributed by atoms with Gasteiger partial charge in [0.25, 0.3) is 0 Å². The molecular weight excluding hydrogens is 261 g/mol. The third-order valence-corrected chi connectivity index (χ3v) is 2.19. The zero-order chi connectivity index (χ0) is 12.5. The maximum atomic E-state index is 12.4. The highest BCUT2D eigenvalue weighted by Crippen LogP contribution is 2.37. The van der Waals surface area contributed by atoms with E-state index in [0.717, 1.165) is 6.20 Å². The van der Waals surface area contributed by atoms with Crippen LogP contribution in [0.5, 0.6) is 5.75 Å². The maximum absolute atomic E-state index is 12.4. The summed E-state index contributed by atoms with van der Waals surface area (Å²) in [5.41, 5.74) is 4.37. The van der Waals surface area contributed by atoms with E-state index < -0.39 is 30.1 Å². The van der Waals surface area contributed by atoms with Crippen LogP contribution in [0.4, 0.5) is 13.2 Å². The molecule has 98 valence electrons. The van der Waals surface area contributed by atoms with Crippen molar-refractivity contribution in [3.63, 3.8) is 0 Å². The lowest BCUT2D eigenvalue weighted by molar-refractivity contribution is -0.149. The molecule has 0 aromatic carbocycles. The number of pyridine rings is 1. The monoisotopic (exact) mass is 272 g/mol. The largest absolute Gasteiger partial charge is 0.506 e. The number of halogens is 4. The van der Waals surface area contributed by atoms with Gasteiger partial charge in [-0.1, -0.05) is 0 Å². The van der Waals surface area contributed by atoms with Crippen LogP contribution >= 0.6 is 12.4 Å². The minimum atomic E-state index is -4.69. The molecule has 1 aromatic heterocycles. The van der Waals surface area contributed by atoms with Gasteiger partial charge < -0.3 is 15.9 Å². The average molecular weight is 273 g/mol. The molecule has 0 radical (unpaired) electrons. The van der Waals surface area contributed by atoms with Crippen molar-refractivity contribution in [3.8, 4) is 5.75 Å². The second-order valence-corrected chi connectivity index (χ2v) is 3.31. The van der Waals surface area contributed by atoms with Gasteiger partial charge in [0.2, 0.25) is 0 Å². The van der Waals surface area contributed by atoms with Gasteiger partial charge in [0.15, 0.2) is 0 Å². The number of nitrogens with zero attached hydrogens (tertiary/aromatic N) is 1. The van der Waals surface area contributed by atoms with Crippen LogP contribution in [0.25, 0.3) is 0 Å². The molecule has 8 heteroatoms. The quantitative estimate of drug-likeness (QED) is 0.763. The molecule has 0 bridgehead atoms. The summed E-state index contributed by atoms with van der Waals surface area (Å²) in [5.74, 6) is -0.628. The summed E-state index contributed by atoms with van der Waals surface area (Å²) in [6.45, 7) is 0.684. The van der Waals surface area contributed by atoms with Gasteiger partial charge >= 0.3 is 6.18 Å². The van der Waals surface area contributed by atoms with Gasteiger partial charge in [0.1, 0.15) is 11.8 Å². The van der Waals surface area contributed by atoms with Crippen LogP contribution in [0, 0.1) is 6.92 Å². The van der Waals surface area contributed by atoms with Crippen LogP contribution in [0.1, 0.15) is 22.9 Å². The number of aromatic nitrogens is 1. The number of hydrogen-bond donors (Lipinski definition) is 3. The van der Waals surface area contributed by atoms with Gasteiger partial charge in [-0.05, 0) is 6.92 Å². The summed E-state index contributed by atoms with van der Waals surface area (Å²) >= 11 is 0. The highest BCUT2D eigenvalue weighted by atomic mass is 35.5. The summed E-state index contributed by atoms with van der Waals surface area (Å²) in [6, 6.07) is -2.34. The summed E-state index contributed by atoms with van der Waals surface area (Å²) in [7, 11) is 0. The molecule has 0 unspecified atom stereocenters. The predicted octanol–water partition coefficient (Wildman–Crippen LogP) is 1.57. The molecule has 0 fully saturated rings. The lowest BCUT2D eigenvalue weighted by Gasteiger charge is -2.20. The number of rotatable bonds is 2. The van der Waals surface area contributed by atoms with Gasteiger partial charge in [0.05, 0.1) is 12.3 Å².